The van der Waals surface area contributed by atoms with Crippen molar-refractivity contribution >= 4 is 11.9 Å². The first-order valence-electron chi connectivity index (χ1n) is 40.1. The maximum Gasteiger partial charge on any atom is 0.306 e. The molecule has 0 saturated heterocycles. The van der Waals surface area contributed by atoms with E-state index in [1.807, 2.05) is 0 Å². The zero-order valence-electron chi connectivity index (χ0n) is 60.4. The van der Waals surface area contributed by atoms with Gasteiger partial charge in [-0.25, -0.2) is 0 Å². The van der Waals surface area contributed by atoms with Crippen molar-refractivity contribution in [3.63, 3.8) is 0 Å². The van der Waals surface area contributed by atoms with Gasteiger partial charge < -0.3 is 14.6 Å². The van der Waals surface area contributed by atoms with Gasteiger partial charge in [-0.05, 0) is 70.6 Å². The minimum Gasteiger partial charge on any atom is -0.462 e. The largest absolute Gasteiger partial charge is 0.462 e. The van der Waals surface area contributed by atoms with Gasteiger partial charge in [0.05, 0.1) is 6.61 Å². The highest BCUT2D eigenvalue weighted by Crippen LogP contribution is 2.20. The highest BCUT2D eigenvalue weighted by atomic mass is 16.6. The zero-order chi connectivity index (χ0) is 64.7. The first-order chi connectivity index (χ1) is 44.6. The van der Waals surface area contributed by atoms with Gasteiger partial charge in [0.15, 0.2) is 6.10 Å². The Morgan fingerprint density at radius 2 is 0.478 bits per heavy atom. The predicted molar refractivity (Wildman–Crippen MR) is 399 cm³/mol. The van der Waals surface area contributed by atoms with E-state index in [1.165, 1.54) is 321 Å². The van der Waals surface area contributed by atoms with Crippen LogP contribution in [0.3, 0.4) is 0 Å². The molecule has 5 heteroatoms. The third-order valence-electron chi connectivity index (χ3n) is 18.2. The quantitative estimate of drug-likeness (QED) is 0.0373. The normalized spacial score (nSPS) is 12.6. The van der Waals surface area contributed by atoms with Crippen LogP contribution < -0.4 is 0 Å². The second-order valence-corrected chi connectivity index (χ2v) is 27.1. The van der Waals surface area contributed by atoms with Crippen LogP contribution >= 0.6 is 0 Å². The Balaban J connectivity index is 3.40. The SMILES string of the molecule is CC/C=C\C/C=C\C/C=C\C/C=C\C/C=C\C/C=C\C/C=C\CCCCCCCCCCCCCCCCCCCC(=O)OC(CO)COC(=O)CCCCCCCCCCCCCCCCCCCCCCCCCCCCCCCCCCCCCCC. The lowest BCUT2D eigenvalue weighted by Gasteiger charge is -2.15. The van der Waals surface area contributed by atoms with Crippen molar-refractivity contribution in [3.05, 3.63) is 85.1 Å². The van der Waals surface area contributed by atoms with Crippen LogP contribution in [0, 0.1) is 0 Å². The van der Waals surface area contributed by atoms with Gasteiger partial charge in [-0.1, -0.05) is 426 Å². The lowest BCUT2D eigenvalue weighted by molar-refractivity contribution is -0.161. The van der Waals surface area contributed by atoms with Crippen molar-refractivity contribution in [2.45, 2.75) is 431 Å². The molecule has 0 aromatic carbocycles. The first-order valence-corrected chi connectivity index (χ1v) is 40.1. The van der Waals surface area contributed by atoms with Gasteiger partial charge in [0, 0.05) is 12.8 Å². The summed E-state index contributed by atoms with van der Waals surface area (Å²) in [6.07, 6.45) is 114. The summed E-state index contributed by atoms with van der Waals surface area (Å²) in [6.45, 7) is 4.09. The van der Waals surface area contributed by atoms with Gasteiger partial charge in [-0.3, -0.25) is 9.59 Å². The number of ether oxygens (including phenoxy) is 2. The number of unbranched alkanes of at least 4 members (excludes halogenated alkanes) is 53. The Hall–Kier alpha value is -2.92. The Morgan fingerprint density at radius 3 is 0.722 bits per heavy atom. The van der Waals surface area contributed by atoms with Gasteiger partial charge in [-0.2, -0.15) is 0 Å². The van der Waals surface area contributed by atoms with E-state index >= 15 is 0 Å². The molecular formula is C85H154O5. The number of allylic oxidation sites excluding steroid dienone is 14. The van der Waals surface area contributed by atoms with Crippen LogP contribution in [-0.2, 0) is 19.1 Å². The van der Waals surface area contributed by atoms with E-state index in [2.05, 4.69) is 98.9 Å². The molecule has 1 N–H and O–H groups in total. The van der Waals surface area contributed by atoms with Crippen molar-refractivity contribution in [1.29, 1.82) is 0 Å². The van der Waals surface area contributed by atoms with Crippen LogP contribution in [0.4, 0.5) is 0 Å². The van der Waals surface area contributed by atoms with Crippen LogP contribution in [-0.4, -0.2) is 36.4 Å². The minimum atomic E-state index is -0.774. The van der Waals surface area contributed by atoms with Crippen molar-refractivity contribution in [2.24, 2.45) is 0 Å². The standard InChI is InChI=1S/C85H154O5/c1-3-5-7-9-11-13-15-17-19-21-23-25-27-29-31-33-35-37-39-41-42-44-46-48-50-52-54-56-58-60-62-64-66-68-70-72-74-76-78-80-85(88)90-83(81-86)82-89-84(87)79-77-75-73-71-69-67-65-63-61-59-57-55-53-51-49-47-45-43-40-38-36-34-32-30-28-26-24-22-20-18-16-14-12-10-8-6-4-2/h5,7,11,13,17,19,23,25,29,31,35,37,41-42,83,86H,3-4,6,8-10,12,14-16,18,20-22,24,26-28,30,32-34,36,38-40,43-82H2,1-2H3/b7-5-,13-11-,19-17-,25-23-,31-29-,37-35-,42-41-. The summed E-state index contributed by atoms with van der Waals surface area (Å²) in [5, 5.41) is 9.73. The molecular weight excluding hydrogens is 1100 g/mol. The Morgan fingerprint density at radius 1 is 0.267 bits per heavy atom. The molecule has 0 bridgehead atoms. The van der Waals surface area contributed by atoms with Gasteiger partial charge in [-0.15, -0.1) is 0 Å². The fraction of sp³-hybridized carbons (Fsp3) is 0.812. The third kappa shape index (κ3) is 77.5. The average Bonchev–Trinajstić information content (AvgIpc) is 3.59. The second-order valence-electron chi connectivity index (χ2n) is 27.1. The molecule has 0 radical (unpaired) electrons. The summed E-state index contributed by atoms with van der Waals surface area (Å²) < 4.78 is 10.8. The Bertz CT molecular complexity index is 1620. The second kappa shape index (κ2) is 80.3. The van der Waals surface area contributed by atoms with E-state index in [9.17, 15) is 14.7 Å². The molecule has 1 atom stereocenters. The molecule has 0 aromatic heterocycles. The molecule has 0 saturated carbocycles. The number of carbonyl (C=O) groups is 2. The molecule has 524 valence electrons. The summed E-state index contributed by atoms with van der Waals surface area (Å²) >= 11 is 0. The van der Waals surface area contributed by atoms with Gasteiger partial charge in [0.1, 0.15) is 6.61 Å². The van der Waals surface area contributed by atoms with Crippen LogP contribution in [0.5, 0.6) is 0 Å². The van der Waals surface area contributed by atoms with Gasteiger partial charge >= 0.3 is 11.9 Å². The Kier molecular flexibility index (Phi) is 77.7. The number of carbonyl (C=O) groups excluding carboxylic acids is 2. The number of aliphatic hydroxyl groups is 1. The smallest absolute Gasteiger partial charge is 0.306 e. The fourth-order valence-corrected chi connectivity index (χ4v) is 12.3. The first kappa shape index (κ1) is 87.1. The summed E-state index contributed by atoms with van der Waals surface area (Å²) in [4.78, 5) is 24.7. The van der Waals surface area contributed by atoms with Crippen molar-refractivity contribution in [1.82, 2.24) is 0 Å². The monoisotopic (exact) mass is 1260 g/mol. The molecule has 0 spiro atoms. The Labute approximate surface area is 562 Å². The van der Waals surface area contributed by atoms with E-state index in [4.69, 9.17) is 9.47 Å². The van der Waals surface area contributed by atoms with Gasteiger partial charge in [0.2, 0.25) is 0 Å². The number of hydrogen-bond donors (Lipinski definition) is 1. The summed E-state index contributed by atoms with van der Waals surface area (Å²) in [5.41, 5.74) is 0. The van der Waals surface area contributed by atoms with Crippen molar-refractivity contribution in [3.8, 4) is 0 Å². The molecule has 0 fully saturated rings. The number of hydrogen-bond acceptors (Lipinski definition) is 5. The van der Waals surface area contributed by atoms with Gasteiger partial charge in [0.25, 0.3) is 0 Å². The molecule has 0 aromatic rings. The molecule has 0 heterocycles. The fourth-order valence-electron chi connectivity index (χ4n) is 12.3. The lowest BCUT2D eigenvalue weighted by atomic mass is 10.0. The summed E-state index contributed by atoms with van der Waals surface area (Å²) in [5.74, 6) is -0.569. The van der Waals surface area contributed by atoms with E-state index in [1.54, 1.807) is 0 Å². The maximum atomic E-state index is 12.4. The highest BCUT2D eigenvalue weighted by Gasteiger charge is 2.16. The minimum absolute atomic E-state index is 0.0619. The van der Waals surface area contributed by atoms with Crippen LogP contribution in [0.25, 0.3) is 0 Å². The number of esters is 2. The maximum absolute atomic E-state index is 12.4. The van der Waals surface area contributed by atoms with Crippen molar-refractivity contribution < 1.29 is 24.2 Å². The molecule has 90 heavy (non-hydrogen) atoms. The molecule has 1 unspecified atom stereocenters. The molecule has 0 aliphatic carbocycles. The van der Waals surface area contributed by atoms with E-state index < -0.39 is 6.10 Å². The van der Waals surface area contributed by atoms with Crippen molar-refractivity contribution in [2.75, 3.05) is 13.2 Å². The number of rotatable bonds is 75. The van der Waals surface area contributed by atoms with E-state index in [0.717, 1.165) is 77.0 Å². The zero-order valence-corrected chi connectivity index (χ0v) is 60.4. The van der Waals surface area contributed by atoms with E-state index in [-0.39, 0.29) is 25.2 Å². The van der Waals surface area contributed by atoms with Crippen LogP contribution in [0.2, 0.25) is 0 Å². The third-order valence-corrected chi connectivity index (χ3v) is 18.2. The summed E-state index contributed by atoms with van der Waals surface area (Å²) in [7, 11) is 0. The average molecular weight is 1260 g/mol. The predicted octanol–water partition coefficient (Wildman–Crippen LogP) is 28.3. The molecule has 0 aliphatic rings. The molecule has 0 amide bonds. The number of aliphatic hydroxyl groups excluding tert-OH is 1. The van der Waals surface area contributed by atoms with E-state index in [0.29, 0.717) is 12.8 Å². The van der Waals surface area contributed by atoms with Crippen LogP contribution in [0.1, 0.15) is 425 Å². The molecule has 0 rings (SSSR count). The lowest BCUT2D eigenvalue weighted by Crippen LogP contribution is -2.28. The topological polar surface area (TPSA) is 72.8 Å². The molecule has 0 aliphatic heterocycles. The molecule has 5 nitrogen and oxygen atoms in total. The van der Waals surface area contributed by atoms with Crippen LogP contribution in [0.15, 0.2) is 85.1 Å². The summed E-state index contributed by atoms with van der Waals surface area (Å²) in [6, 6.07) is 0. The highest BCUT2D eigenvalue weighted by molar-refractivity contribution is 5.70.